The first-order valence-corrected chi connectivity index (χ1v) is 5.00. The summed E-state index contributed by atoms with van der Waals surface area (Å²) >= 11 is 0. The summed E-state index contributed by atoms with van der Waals surface area (Å²) in [7, 11) is 0. The van der Waals surface area contributed by atoms with Crippen LogP contribution in [0.25, 0.3) is 0 Å². The van der Waals surface area contributed by atoms with Gasteiger partial charge in [-0.2, -0.15) is 0 Å². The molecule has 0 radical (unpaired) electrons. The lowest BCUT2D eigenvalue weighted by Crippen LogP contribution is -2.13. The van der Waals surface area contributed by atoms with Crippen molar-refractivity contribution < 1.29 is 0 Å². The van der Waals surface area contributed by atoms with E-state index >= 15 is 0 Å². The number of rotatable bonds is 2. The zero-order valence-corrected chi connectivity index (χ0v) is 8.99. The van der Waals surface area contributed by atoms with E-state index in [4.69, 9.17) is 5.73 Å². The third-order valence-corrected chi connectivity index (χ3v) is 2.70. The predicted octanol–water partition coefficient (Wildman–Crippen LogP) is 2.07. The Kier molecular flexibility index (Phi) is 2.56. The van der Waals surface area contributed by atoms with Crippen molar-refractivity contribution in [1.82, 2.24) is 9.97 Å². The maximum absolute atomic E-state index is 6.09. The van der Waals surface area contributed by atoms with Gasteiger partial charge in [-0.05, 0) is 30.5 Å². The predicted molar refractivity (Wildman–Crippen MR) is 60.5 cm³/mol. The quantitative estimate of drug-likeness (QED) is 0.781. The Labute approximate surface area is 89.4 Å². The summed E-state index contributed by atoms with van der Waals surface area (Å²) in [6.07, 6.45) is 3.51. The Bertz CT molecular complexity index is 446. The SMILES string of the molecule is Cc1ccc(C(N)c2ncc[nH]2)cc1C. The van der Waals surface area contributed by atoms with Gasteiger partial charge in [-0.15, -0.1) is 0 Å². The molecule has 0 saturated carbocycles. The summed E-state index contributed by atoms with van der Waals surface area (Å²) in [6.45, 7) is 4.19. The Balaban J connectivity index is 2.34. The lowest BCUT2D eigenvalue weighted by Gasteiger charge is -2.11. The molecule has 1 unspecified atom stereocenters. The second kappa shape index (κ2) is 3.87. The van der Waals surface area contributed by atoms with Gasteiger partial charge in [-0.3, -0.25) is 0 Å². The highest BCUT2D eigenvalue weighted by Crippen LogP contribution is 2.18. The van der Waals surface area contributed by atoms with Crippen LogP contribution in [-0.2, 0) is 0 Å². The summed E-state index contributed by atoms with van der Waals surface area (Å²) in [5.74, 6) is 0.804. The number of hydrogen-bond donors (Lipinski definition) is 2. The molecule has 0 fully saturated rings. The summed E-state index contributed by atoms with van der Waals surface area (Å²) < 4.78 is 0. The fourth-order valence-electron chi connectivity index (χ4n) is 1.56. The van der Waals surface area contributed by atoms with Gasteiger partial charge in [0.25, 0.3) is 0 Å². The summed E-state index contributed by atoms with van der Waals surface area (Å²) in [5.41, 5.74) is 9.72. The highest BCUT2D eigenvalue weighted by Gasteiger charge is 2.11. The number of nitrogens with one attached hydrogen (secondary N) is 1. The first kappa shape index (κ1) is 9.93. The number of hydrogen-bond acceptors (Lipinski definition) is 2. The van der Waals surface area contributed by atoms with Gasteiger partial charge in [0, 0.05) is 12.4 Å². The minimum atomic E-state index is -0.167. The fraction of sp³-hybridized carbons (Fsp3) is 0.250. The molecular formula is C12H15N3. The first-order chi connectivity index (χ1) is 7.18. The number of nitrogens with zero attached hydrogens (tertiary/aromatic N) is 1. The summed E-state index contributed by atoms with van der Waals surface area (Å²) in [5, 5.41) is 0. The van der Waals surface area contributed by atoms with Crippen LogP contribution in [0.3, 0.4) is 0 Å². The van der Waals surface area contributed by atoms with E-state index in [1.165, 1.54) is 11.1 Å². The van der Waals surface area contributed by atoms with Gasteiger partial charge in [0.2, 0.25) is 0 Å². The second-order valence-electron chi connectivity index (χ2n) is 3.80. The highest BCUT2D eigenvalue weighted by molar-refractivity contribution is 5.33. The van der Waals surface area contributed by atoms with Gasteiger partial charge >= 0.3 is 0 Å². The van der Waals surface area contributed by atoms with Crippen LogP contribution in [-0.4, -0.2) is 9.97 Å². The molecule has 2 aromatic rings. The molecule has 78 valence electrons. The average Bonchev–Trinajstić information content (AvgIpc) is 2.74. The second-order valence-corrected chi connectivity index (χ2v) is 3.80. The van der Waals surface area contributed by atoms with E-state index in [2.05, 4.69) is 42.0 Å². The van der Waals surface area contributed by atoms with Gasteiger partial charge < -0.3 is 10.7 Å². The summed E-state index contributed by atoms with van der Waals surface area (Å²) in [6, 6.07) is 6.09. The number of imidazole rings is 1. The monoisotopic (exact) mass is 201 g/mol. The van der Waals surface area contributed by atoms with E-state index < -0.39 is 0 Å². The van der Waals surface area contributed by atoms with Crippen molar-refractivity contribution in [2.24, 2.45) is 5.73 Å². The van der Waals surface area contributed by atoms with Crippen molar-refractivity contribution in [3.8, 4) is 0 Å². The van der Waals surface area contributed by atoms with E-state index in [0.29, 0.717) is 0 Å². The van der Waals surface area contributed by atoms with Crippen LogP contribution in [0.1, 0.15) is 28.6 Å². The molecule has 0 saturated heterocycles. The largest absolute Gasteiger partial charge is 0.347 e. The van der Waals surface area contributed by atoms with Gasteiger partial charge in [0.15, 0.2) is 0 Å². The molecule has 15 heavy (non-hydrogen) atoms. The van der Waals surface area contributed by atoms with Crippen molar-refractivity contribution in [3.63, 3.8) is 0 Å². The minimum Gasteiger partial charge on any atom is -0.347 e. The number of aryl methyl sites for hydroxylation is 2. The molecule has 2 rings (SSSR count). The number of aromatic amines is 1. The van der Waals surface area contributed by atoms with Crippen molar-refractivity contribution in [2.75, 3.05) is 0 Å². The van der Waals surface area contributed by atoms with E-state index in [9.17, 15) is 0 Å². The van der Waals surface area contributed by atoms with Crippen LogP contribution < -0.4 is 5.73 Å². The molecule has 1 atom stereocenters. The number of benzene rings is 1. The normalized spacial score (nSPS) is 12.7. The van der Waals surface area contributed by atoms with Crippen LogP contribution >= 0.6 is 0 Å². The molecular weight excluding hydrogens is 186 g/mol. The standard InChI is InChI=1S/C12H15N3/c1-8-3-4-10(7-9(8)2)11(13)12-14-5-6-15-12/h3-7,11H,13H2,1-2H3,(H,14,15). The van der Waals surface area contributed by atoms with Crippen molar-refractivity contribution in [3.05, 3.63) is 53.1 Å². The highest BCUT2D eigenvalue weighted by atomic mass is 14.9. The fourth-order valence-corrected chi connectivity index (χ4v) is 1.56. The van der Waals surface area contributed by atoms with Gasteiger partial charge in [-0.25, -0.2) is 4.98 Å². The van der Waals surface area contributed by atoms with Gasteiger partial charge in [0.05, 0.1) is 6.04 Å². The van der Waals surface area contributed by atoms with Crippen LogP contribution in [0.4, 0.5) is 0 Å². The van der Waals surface area contributed by atoms with Crippen LogP contribution in [0, 0.1) is 13.8 Å². The molecule has 0 spiro atoms. The maximum atomic E-state index is 6.09. The maximum Gasteiger partial charge on any atom is 0.127 e. The average molecular weight is 201 g/mol. The molecule has 0 amide bonds. The molecule has 3 N–H and O–H groups in total. The third-order valence-electron chi connectivity index (χ3n) is 2.70. The number of aromatic nitrogens is 2. The van der Waals surface area contributed by atoms with Crippen molar-refractivity contribution in [1.29, 1.82) is 0 Å². The van der Waals surface area contributed by atoms with Crippen molar-refractivity contribution in [2.45, 2.75) is 19.9 Å². The van der Waals surface area contributed by atoms with Crippen molar-refractivity contribution >= 4 is 0 Å². The zero-order chi connectivity index (χ0) is 10.8. The van der Waals surface area contributed by atoms with Crippen LogP contribution in [0.15, 0.2) is 30.6 Å². The molecule has 0 aliphatic rings. The number of H-pyrrole nitrogens is 1. The molecule has 1 heterocycles. The number of nitrogens with two attached hydrogens (primary N) is 1. The Morgan fingerprint density at radius 2 is 2.07 bits per heavy atom. The van der Waals surface area contributed by atoms with Gasteiger partial charge in [0.1, 0.15) is 5.82 Å². The Morgan fingerprint density at radius 1 is 1.27 bits per heavy atom. The minimum absolute atomic E-state index is 0.167. The third kappa shape index (κ3) is 1.92. The molecule has 1 aromatic carbocycles. The molecule has 3 nitrogen and oxygen atoms in total. The van der Waals surface area contributed by atoms with Gasteiger partial charge in [-0.1, -0.05) is 18.2 Å². The Hall–Kier alpha value is -1.61. The molecule has 0 aliphatic heterocycles. The van der Waals surface area contributed by atoms with Crippen LogP contribution in [0.2, 0.25) is 0 Å². The molecule has 0 aliphatic carbocycles. The first-order valence-electron chi connectivity index (χ1n) is 5.00. The summed E-state index contributed by atoms with van der Waals surface area (Å²) in [4.78, 5) is 7.20. The lowest BCUT2D eigenvalue weighted by molar-refractivity contribution is 0.799. The zero-order valence-electron chi connectivity index (χ0n) is 8.99. The molecule has 3 heteroatoms. The molecule has 0 bridgehead atoms. The van der Waals surface area contributed by atoms with E-state index in [1.54, 1.807) is 12.4 Å². The van der Waals surface area contributed by atoms with E-state index in [-0.39, 0.29) is 6.04 Å². The molecule has 1 aromatic heterocycles. The van der Waals surface area contributed by atoms with E-state index in [0.717, 1.165) is 11.4 Å². The Morgan fingerprint density at radius 3 is 2.67 bits per heavy atom. The van der Waals surface area contributed by atoms with E-state index in [1.807, 2.05) is 0 Å². The topological polar surface area (TPSA) is 54.7 Å². The van der Waals surface area contributed by atoms with Crippen LogP contribution in [0.5, 0.6) is 0 Å². The smallest absolute Gasteiger partial charge is 0.127 e. The lowest BCUT2D eigenvalue weighted by atomic mass is 10.0.